The lowest BCUT2D eigenvalue weighted by Crippen LogP contribution is -2.33. The number of alkyl halides is 3. The maximum atomic E-state index is 13.1. The van der Waals surface area contributed by atoms with Gasteiger partial charge in [0.05, 0.1) is 12.1 Å². The Balaban J connectivity index is 1.30. The summed E-state index contributed by atoms with van der Waals surface area (Å²) in [6, 6.07) is 7.34. The van der Waals surface area contributed by atoms with E-state index < -0.39 is 17.6 Å². The number of anilines is 3. The van der Waals surface area contributed by atoms with Gasteiger partial charge in [0.15, 0.2) is 0 Å². The van der Waals surface area contributed by atoms with Crippen molar-refractivity contribution in [2.75, 3.05) is 28.6 Å². The summed E-state index contributed by atoms with van der Waals surface area (Å²) in [5.41, 5.74) is 2.71. The number of rotatable bonds is 5. The van der Waals surface area contributed by atoms with E-state index in [0.717, 1.165) is 65.1 Å². The molecule has 0 radical (unpaired) electrons. The van der Waals surface area contributed by atoms with Crippen LogP contribution in [0.15, 0.2) is 47.7 Å². The second-order valence-electron chi connectivity index (χ2n) is 9.57. The number of hydrogen-bond acceptors (Lipinski definition) is 7. The molecule has 3 aromatic rings. The zero-order valence-electron chi connectivity index (χ0n) is 20.5. The number of carbonyl (C=O) groups excluding carboxylic acids is 1. The molecule has 0 unspecified atom stereocenters. The van der Waals surface area contributed by atoms with Crippen LogP contribution in [-0.4, -0.2) is 45.8 Å². The fraction of sp³-hybridized carbons (Fsp3) is 0.296. The van der Waals surface area contributed by atoms with Crippen molar-refractivity contribution in [2.45, 2.75) is 38.4 Å². The highest BCUT2D eigenvalue weighted by atomic mass is 19.4. The van der Waals surface area contributed by atoms with Crippen LogP contribution >= 0.6 is 0 Å². The molecule has 1 fully saturated rings. The Morgan fingerprint density at radius 2 is 1.97 bits per heavy atom. The molecule has 8 nitrogen and oxygen atoms in total. The Labute approximate surface area is 216 Å². The molecule has 2 aliphatic heterocycles. The SMILES string of the molecule is Cc1ccc(NC(=O)c2cc(C(F)(F)F)ccn2)cc1C1=Cc2cnc(NC3CCC3)nc2N2CCN=C12. The number of amides is 1. The van der Waals surface area contributed by atoms with Gasteiger partial charge in [0.2, 0.25) is 5.95 Å². The first-order valence-corrected chi connectivity index (χ1v) is 12.4. The number of benzene rings is 1. The number of pyridine rings is 1. The van der Waals surface area contributed by atoms with Crippen molar-refractivity contribution in [3.63, 3.8) is 0 Å². The van der Waals surface area contributed by atoms with Gasteiger partial charge in [-0.15, -0.1) is 0 Å². The van der Waals surface area contributed by atoms with E-state index in [1.54, 1.807) is 18.3 Å². The summed E-state index contributed by atoms with van der Waals surface area (Å²) in [6.07, 6.45) is 3.67. The zero-order chi connectivity index (χ0) is 26.4. The summed E-state index contributed by atoms with van der Waals surface area (Å²) in [4.78, 5) is 32.7. The summed E-state index contributed by atoms with van der Waals surface area (Å²) in [5.74, 6) is 1.48. The minimum atomic E-state index is -4.57. The molecule has 2 N–H and O–H groups in total. The molecule has 1 saturated carbocycles. The average molecular weight is 520 g/mol. The second-order valence-corrected chi connectivity index (χ2v) is 9.57. The highest BCUT2D eigenvalue weighted by Gasteiger charge is 2.33. The summed E-state index contributed by atoms with van der Waals surface area (Å²) in [6.45, 7) is 3.27. The zero-order valence-corrected chi connectivity index (χ0v) is 20.5. The van der Waals surface area contributed by atoms with Crippen LogP contribution in [0.2, 0.25) is 0 Å². The van der Waals surface area contributed by atoms with Gasteiger partial charge in [-0.3, -0.25) is 14.8 Å². The number of amidine groups is 1. The van der Waals surface area contributed by atoms with Crippen LogP contribution in [0, 0.1) is 6.92 Å². The topological polar surface area (TPSA) is 95.4 Å². The predicted octanol–water partition coefficient (Wildman–Crippen LogP) is 5.19. The molecular weight excluding hydrogens is 495 g/mol. The molecule has 194 valence electrons. The van der Waals surface area contributed by atoms with Gasteiger partial charge in [-0.25, -0.2) is 4.98 Å². The van der Waals surface area contributed by atoms with Crippen LogP contribution in [0.25, 0.3) is 11.6 Å². The third-order valence-electron chi connectivity index (χ3n) is 6.98. The number of nitrogens with zero attached hydrogens (tertiary/aromatic N) is 5. The molecule has 11 heteroatoms. The largest absolute Gasteiger partial charge is 0.416 e. The van der Waals surface area contributed by atoms with E-state index in [4.69, 9.17) is 9.98 Å². The predicted molar refractivity (Wildman–Crippen MR) is 139 cm³/mol. The van der Waals surface area contributed by atoms with Crippen molar-refractivity contribution in [1.29, 1.82) is 0 Å². The summed E-state index contributed by atoms with van der Waals surface area (Å²) in [5, 5.41) is 6.07. The number of fused-ring (bicyclic) bond motifs is 3. The van der Waals surface area contributed by atoms with Gasteiger partial charge in [0.25, 0.3) is 5.91 Å². The lowest BCUT2D eigenvalue weighted by atomic mass is 9.93. The Kier molecular flexibility index (Phi) is 5.85. The van der Waals surface area contributed by atoms with Crippen molar-refractivity contribution in [2.24, 2.45) is 4.99 Å². The van der Waals surface area contributed by atoms with E-state index in [9.17, 15) is 18.0 Å². The number of nitrogens with one attached hydrogen (secondary N) is 2. The molecule has 1 aromatic carbocycles. The van der Waals surface area contributed by atoms with Crippen LogP contribution in [0.5, 0.6) is 0 Å². The first kappa shape index (κ1) is 24.1. The lowest BCUT2D eigenvalue weighted by molar-refractivity contribution is -0.137. The summed E-state index contributed by atoms with van der Waals surface area (Å²) in [7, 11) is 0. The Morgan fingerprint density at radius 3 is 2.74 bits per heavy atom. The van der Waals surface area contributed by atoms with E-state index >= 15 is 0 Å². The summed E-state index contributed by atoms with van der Waals surface area (Å²) < 4.78 is 39.2. The molecule has 0 saturated heterocycles. The van der Waals surface area contributed by atoms with Gasteiger partial charge in [-0.05, 0) is 67.7 Å². The molecule has 0 spiro atoms. The molecule has 3 aliphatic rings. The van der Waals surface area contributed by atoms with Crippen LogP contribution in [0.3, 0.4) is 0 Å². The number of aliphatic imine (C=N–C) groups is 1. The molecule has 38 heavy (non-hydrogen) atoms. The van der Waals surface area contributed by atoms with Gasteiger partial charge >= 0.3 is 6.18 Å². The third kappa shape index (κ3) is 4.48. The third-order valence-corrected chi connectivity index (χ3v) is 6.98. The van der Waals surface area contributed by atoms with E-state index in [0.29, 0.717) is 30.8 Å². The van der Waals surface area contributed by atoms with Gasteiger partial charge in [-0.2, -0.15) is 18.2 Å². The number of halogens is 3. The Hall–Kier alpha value is -4.28. The second kappa shape index (κ2) is 9.23. The van der Waals surface area contributed by atoms with Crippen LogP contribution in [0.1, 0.15) is 52.0 Å². The van der Waals surface area contributed by atoms with Crippen LogP contribution in [0.4, 0.5) is 30.6 Å². The van der Waals surface area contributed by atoms with E-state index in [1.165, 1.54) is 6.42 Å². The highest BCUT2D eigenvalue weighted by molar-refractivity contribution is 6.36. The quantitative estimate of drug-likeness (QED) is 0.482. The van der Waals surface area contributed by atoms with E-state index in [-0.39, 0.29) is 5.69 Å². The lowest BCUT2D eigenvalue weighted by Gasteiger charge is -2.30. The summed E-state index contributed by atoms with van der Waals surface area (Å²) >= 11 is 0. The van der Waals surface area contributed by atoms with Gasteiger partial charge in [0, 0.05) is 41.8 Å². The first-order chi connectivity index (χ1) is 18.3. The monoisotopic (exact) mass is 519 g/mol. The smallest absolute Gasteiger partial charge is 0.351 e. The van der Waals surface area contributed by atoms with Gasteiger partial charge < -0.3 is 15.5 Å². The minimum absolute atomic E-state index is 0.317. The van der Waals surface area contributed by atoms with Gasteiger partial charge in [-0.1, -0.05) is 6.07 Å². The molecule has 0 bridgehead atoms. The van der Waals surface area contributed by atoms with E-state index in [1.807, 2.05) is 19.1 Å². The number of carbonyl (C=O) groups is 1. The average Bonchev–Trinajstić information content (AvgIpc) is 3.37. The number of hydrogen-bond donors (Lipinski definition) is 2. The molecular formula is C27H24F3N7O. The van der Waals surface area contributed by atoms with Crippen molar-refractivity contribution >= 4 is 40.8 Å². The van der Waals surface area contributed by atoms with E-state index in [2.05, 4.69) is 25.5 Å². The van der Waals surface area contributed by atoms with Crippen molar-refractivity contribution in [1.82, 2.24) is 15.0 Å². The highest BCUT2D eigenvalue weighted by Crippen LogP contribution is 2.37. The maximum absolute atomic E-state index is 13.1. The Bertz CT molecular complexity index is 1490. The normalized spacial score (nSPS) is 16.7. The fourth-order valence-electron chi connectivity index (χ4n) is 4.72. The number of aryl methyl sites for hydroxylation is 1. The van der Waals surface area contributed by atoms with Crippen molar-refractivity contribution in [3.8, 4) is 0 Å². The maximum Gasteiger partial charge on any atom is 0.416 e. The molecule has 1 aliphatic carbocycles. The fourth-order valence-corrected chi connectivity index (χ4v) is 4.72. The van der Waals surface area contributed by atoms with Crippen LogP contribution < -0.4 is 15.5 Å². The molecule has 0 atom stereocenters. The van der Waals surface area contributed by atoms with Crippen molar-refractivity contribution in [3.05, 3.63) is 70.7 Å². The molecule has 1 amide bonds. The Morgan fingerprint density at radius 1 is 1.13 bits per heavy atom. The minimum Gasteiger partial charge on any atom is -0.351 e. The van der Waals surface area contributed by atoms with Gasteiger partial charge in [0.1, 0.15) is 17.3 Å². The first-order valence-electron chi connectivity index (χ1n) is 12.4. The standard InChI is InChI=1S/C27H24F3N7O/c1-15-5-6-19(34-25(38)22-12-17(7-8-31-22)27(28,29)30)13-20(15)21-11-16-14-33-26(35-18-3-2-4-18)36-23(16)37-10-9-32-24(21)37/h5-8,11-14,18H,2-4,9-10H2,1H3,(H,34,38)(H,33,35,36). The molecule has 6 rings (SSSR count). The van der Waals surface area contributed by atoms with Crippen molar-refractivity contribution < 1.29 is 18.0 Å². The molecule has 2 aromatic heterocycles. The number of aromatic nitrogens is 3. The van der Waals surface area contributed by atoms with Crippen LogP contribution in [-0.2, 0) is 6.18 Å². The molecule has 4 heterocycles.